The fraction of sp³-hybridized carbons (Fsp3) is 1.00. The molecule has 2 rings (SSSR count). The van der Waals surface area contributed by atoms with Gasteiger partial charge in [-0.05, 0) is 38.3 Å². The number of hydrogen-bond donors (Lipinski definition) is 1. The first kappa shape index (κ1) is 12.3. The van der Waals surface area contributed by atoms with Crippen LogP contribution in [-0.2, 0) is 4.74 Å². The van der Waals surface area contributed by atoms with E-state index in [0.717, 1.165) is 38.6 Å². The number of ether oxygens (including phenoxy) is 1. The smallest absolute Gasteiger partial charge is 0.0739 e. The summed E-state index contributed by atoms with van der Waals surface area (Å²) in [7, 11) is 0. The summed E-state index contributed by atoms with van der Waals surface area (Å²) >= 11 is 0. The SMILES string of the molecule is CCCC1CCN(C2COCCC2O)CC1. The van der Waals surface area contributed by atoms with Gasteiger partial charge in [-0.15, -0.1) is 0 Å². The summed E-state index contributed by atoms with van der Waals surface area (Å²) in [5, 5.41) is 9.97. The van der Waals surface area contributed by atoms with Crippen LogP contribution in [0.5, 0.6) is 0 Å². The highest BCUT2D eigenvalue weighted by molar-refractivity contribution is 4.85. The zero-order valence-corrected chi connectivity index (χ0v) is 10.4. The van der Waals surface area contributed by atoms with Gasteiger partial charge in [0.1, 0.15) is 0 Å². The Bertz CT molecular complexity index is 202. The fourth-order valence-corrected chi connectivity index (χ4v) is 3.04. The van der Waals surface area contributed by atoms with E-state index < -0.39 is 0 Å². The van der Waals surface area contributed by atoms with Gasteiger partial charge in [0.05, 0.1) is 18.8 Å². The average Bonchev–Trinajstić information content (AvgIpc) is 2.31. The van der Waals surface area contributed by atoms with Gasteiger partial charge in [0.15, 0.2) is 0 Å². The summed E-state index contributed by atoms with van der Waals surface area (Å²) in [5.74, 6) is 0.919. The van der Waals surface area contributed by atoms with Crippen LogP contribution in [0.4, 0.5) is 0 Å². The molecule has 0 aromatic heterocycles. The van der Waals surface area contributed by atoms with Crippen LogP contribution in [-0.4, -0.2) is 48.5 Å². The number of aliphatic hydroxyl groups excluding tert-OH is 1. The molecule has 16 heavy (non-hydrogen) atoms. The van der Waals surface area contributed by atoms with E-state index in [1.165, 1.54) is 25.7 Å². The van der Waals surface area contributed by atoms with Crippen molar-refractivity contribution < 1.29 is 9.84 Å². The topological polar surface area (TPSA) is 32.7 Å². The largest absolute Gasteiger partial charge is 0.391 e. The van der Waals surface area contributed by atoms with Gasteiger partial charge in [-0.25, -0.2) is 0 Å². The van der Waals surface area contributed by atoms with Crippen LogP contribution in [0, 0.1) is 5.92 Å². The first-order valence-corrected chi connectivity index (χ1v) is 6.81. The zero-order chi connectivity index (χ0) is 11.4. The van der Waals surface area contributed by atoms with Gasteiger partial charge in [0.2, 0.25) is 0 Å². The van der Waals surface area contributed by atoms with Crippen molar-refractivity contribution in [3.63, 3.8) is 0 Å². The van der Waals surface area contributed by atoms with Crippen LogP contribution >= 0.6 is 0 Å². The second kappa shape index (κ2) is 5.99. The molecule has 0 aromatic rings. The van der Waals surface area contributed by atoms with Gasteiger partial charge in [0.25, 0.3) is 0 Å². The minimum absolute atomic E-state index is 0.170. The summed E-state index contributed by atoms with van der Waals surface area (Å²) in [6, 6.07) is 0.260. The van der Waals surface area contributed by atoms with E-state index in [0.29, 0.717) is 0 Å². The van der Waals surface area contributed by atoms with Crippen molar-refractivity contribution in [1.82, 2.24) is 4.90 Å². The molecule has 0 aromatic carbocycles. The molecule has 2 atom stereocenters. The Morgan fingerprint density at radius 3 is 2.62 bits per heavy atom. The molecule has 0 aliphatic carbocycles. The molecule has 0 saturated carbocycles. The van der Waals surface area contributed by atoms with E-state index in [9.17, 15) is 5.11 Å². The van der Waals surface area contributed by atoms with Gasteiger partial charge in [-0.2, -0.15) is 0 Å². The first-order valence-electron chi connectivity index (χ1n) is 6.81. The number of piperidine rings is 1. The summed E-state index contributed by atoms with van der Waals surface area (Å²) in [6.45, 7) is 6.01. The maximum atomic E-state index is 9.97. The van der Waals surface area contributed by atoms with Crippen LogP contribution in [0.15, 0.2) is 0 Å². The van der Waals surface area contributed by atoms with Gasteiger partial charge >= 0.3 is 0 Å². The van der Waals surface area contributed by atoms with Crippen molar-refractivity contribution in [3.8, 4) is 0 Å². The maximum Gasteiger partial charge on any atom is 0.0739 e. The zero-order valence-electron chi connectivity index (χ0n) is 10.4. The fourth-order valence-electron chi connectivity index (χ4n) is 3.04. The molecule has 2 heterocycles. The highest BCUT2D eigenvalue weighted by Crippen LogP contribution is 2.25. The Labute approximate surface area is 98.8 Å². The monoisotopic (exact) mass is 227 g/mol. The predicted octanol–water partition coefficient (Wildman–Crippen LogP) is 1.65. The minimum atomic E-state index is -0.170. The molecule has 0 radical (unpaired) electrons. The third-order valence-electron chi connectivity index (χ3n) is 4.11. The third kappa shape index (κ3) is 2.96. The normalized spacial score (nSPS) is 34.1. The molecular formula is C13H25NO2. The number of nitrogens with zero attached hydrogens (tertiary/aromatic N) is 1. The van der Waals surface area contributed by atoms with Crippen molar-refractivity contribution in [1.29, 1.82) is 0 Å². The number of aliphatic hydroxyl groups is 1. The van der Waals surface area contributed by atoms with Gasteiger partial charge < -0.3 is 9.84 Å². The van der Waals surface area contributed by atoms with Crippen molar-refractivity contribution in [2.45, 2.75) is 51.2 Å². The quantitative estimate of drug-likeness (QED) is 0.795. The Morgan fingerprint density at radius 1 is 1.25 bits per heavy atom. The second-order valence-electron chi connectivity index (χ2n) is 5.27. The molecule has 1 N–H and O–H groups in total. The maximum absolute atomic E-state index is 9.97. The molecule has 0 spiro atoms. The molecule has 0 bridgehead atoms. The molecule has 2 aliphatic heterocycles. The molecule has 0 amide bonds. The summed E-state index contributed by atoms with van der Waals surface area (Å²) in [5.41, 5.74) is 0. The Kier molecular flexibility index (Phi) is 4.62. The lowest BCUT2D eigenvalue weighted by Crippen LogP contribution is -2.52. The molecule has 2 fully saturated rings. The standard InChI is InChI=1S/C13H25NO2/c1-2-3-11-4-7-14(8-5-11)12-10-16-9-6-13(12)15/h11-13,15H,2-10H2,1H3. The summed E-state index contributed by atoms with van der Waals surface area (Å²) in [4.78, 5) is 2.44. The van der Waals surface area contributed by atoms with E-state index >= 15 is 0 Å². The average molecular weight is 227 g/mol. The Hall–Kier alpha value is -0.120. The molecule has 2 saturated heterocycles. The van der Waals surface area contributed by atoms with Crippen LogP contribution in [0.2, 0.25) is 0 Å². The van der Waals surface area contributed by atoms with E-state index in [2.05, 4.69) is 11.8 Å². The summed E-state index contributed by atoms with van der Waals surface area (Å²) < 4.78 is 5.48. The first-order chi connectivity index (χ1) is 7.81. The lowest BCUT2D eigenvalue weighted by Gasteiger charge is -2.41. The van der Waals surface area contributed by atoms with Crippen molar-refractivity contribution >= 4 is 0 Å². The van der Waals surface area contributed by atoms with E-state index in [1.54, 1.807) is 0 Å². The van der Waals surface area contributed by atoms with E-state index in [1.807, 2.05) is 0 Å². The predicted molar refractivity (Wildman–Crippen MR) is 64.4 cm³/mol. The van der Waals surface area contributed by atoms with Gasteiger partial charge in [-0.3, -0.25) is 4.90 Å². The summed E-state index contributed by atoms with van der Waals surface area (Å²) in [6.07, 6.45) is 5.92. The highest BCUT2D eigenvalue weighted by atomic mass is 16.5. The van der Waals surface area contributed by atoms with Crippen LogP contribution in [0.25, 0.3) is 0 Å². The molecule has 94 valence electrons. The van der Waals surface area contributed by atoms with E-state index in [4.69, 9.17) is 4.74 Å². The molecule has 3 heteroatoms. The molecule has 3 nitrogen and oxygen atoms in total. The number of rotatable bonds is 3. The van der Waals surface area contributed by atoms with E-state index in [-0.39, 0.29) is 12.1 Å². The highest BCUT2D eigenvalue weighted by Gasteiger charge is 2.31. The van der Waals surface area contributed by atoms with Gasteiger partial charge in [0, 0.05) is 6.61 Å². The van der Waals surface area contributed by atoms with Crippen LogP contribution in [0.3, 0.4) is 0 Å². The molecule has 2 aliphatic rings. The van der Waals surface area contributed by atoms with Crippen LogP contribution < -0.4 is 0 Å². The number of hydrogen-bond acceptors (Lipinski definition) is 3. The minimum Gasteiger partial charge on any atom is -0.391 e. The third-order valence-corrected chi connectivity index (χ3v) is 4.11. The second-order valence-corrected chi connectivity index (χ2v) is 5.27. The van der Waals surface area contributed by atoms with Gasteiger partial charge in [-0.1, -0.05) is 19.8 Å². The Morgan fingerprint density at radius 2 is 2.00 bits per heavy atom. The lowest BCUT2D eigenvalue weighted by atomic mass is 9.91. The molecular weight excluding hydrogens is 202 g/mol. The van der Waals surface area contributed by atoms with Crippen molar-refractivity contribution in [2.75, 3.05) is 26.3 Å². The lowest BCUT2D eigenvalue weighted by molar-refractivity contribution is -0.0691. The van der Waals surface area contributed by atoms with Crippen molar-refractivity contribution in [3.05, 3.63) is 0 Å². The van der Waals surface area contributed by atoms with Crippen molar-refractivity contribution in [2.24, 2.45) is 5.92 Å². The molecule has 2 unspecified atom stereocenters. The Balaban J connectivity index is 1.79. The van der Waals surface area contributed by atoms with Crippen LogP contribution in [0.1, 0.15) is 39.0 Å². The number of likely N-dealkylation sites (tertiary alicyclic amines) is 1.